The van der Waals surface area contributed by atoms with E-state index in [1.54, 1.807) is 73.7 Å². The fraction of sp³-hybridized carbons (Fsp3) is 0.167. The fourth-order valence-corrected chi connectivity index (χ4v) is 3.46. The van der Waals surface area contributed by atoms with Gasteiger partial charge in [-0.05, 0) is 84.4 Å². The highest BCUT2D eigenvalue weighted by Gasteiger charge is 2.16. The van der Waals surface area contributed by atoms with Gasteiger partial charge in [-0.1, -0.05) is 23.7 Å². The molecule has 0 spiro atoms. The first-order chi connectivity index (χ1) is 15.4. The Hall–Kier alpha value is -3.03. The summed E-state index contributed by atoms with van der Waals surface area (Å²) in [4.78, 5) is 24.9. The van der Waals surface area contributed by atoms with Crippen LogP contribution < -0.4 is 20.1 Å². The van der Waals surface area contributed by atoms with Gasteiger partial charge >= 0.3 is 0 Å². The average molecular weight is 518 g/mol. The number of para-hydroxylation sites is 1. The van der Waals surface area contributed by atoms with Crippen LogP contribution >= 0.6 is 27.5 Å². The Morgan fingerprint density at radius 2 is 1.62 bits per heavy atom. The zero-order valence-electron chi connectivity index (χ0n) is 17.5. The lowest BCUT2D eigenvalue weighted by atomic mass is 10.2. The van der Waals surface area contributed by atoms with E-state index in [9.17, 15) is 9.59 Å². The summed E-state index contributed by atoms with van der Waals surface area (Å²) in [6.45, 7) is 4.08. The molecule has 0 heterocycles. The molecule has 6 nitrogen and oxygen atoms in total. The molecule has 3 rings (SSSR count). The van der Waals surface area contributed by atoms with E-state index >= 15 is 0 Å². The van der Waals surface area contributed by atoms with E-state index in [1.165, 1.54) is 0 Å². The Kier molecular flexibility index (Phi) is 8.14. The number of benzene rings is 3. The van der Waals surface area contributed by atoms with Gasteiger partial charge in [-0.25, -0.2) is 0 Å². The van der Waals surface area contributed by atoms with E-state index in [2.05, 4.69) is 26.6 Å². The van der Waals surface area contributed by atoms with Crippen molar-refractivity contribution in [1.29, 1.82) is 0 Å². The third kappa shape index (κ3) is 6.24. The van der Waals surface area contributed by atoms with Crippen LogP contribution in [0, 0.1) is 0 Å². The zero-order chi connectivity index (χ0) is 23.1. The van der Waals surface area contributed by atoms with Gasteiger partial charge in [-0.15, -0.1) is 0 Å². The van der Waals surface area contributed by atoms with Gasteiger partial charge < -0.3 is 20.1 Å². The van der Waals surface area contributed by atoms with E-state index in [0.717, 1.165) is 0 Å². The van der Waals surface area contributed by atoms with E-state index < -0.39 is 6.10 Å². The maximum Gasteiger partial charge on any atom is 0.265 e. The number of halogens is 2. The number of anilines is 2. The predicted octanol–water partition coefficient (Wildman–Crippen LogP) is 6.16. The molecule has 0 aliphatic heterocycles. The summed E-state index contributed by atoms with van der Waals surface area (Å²) < 4.78 is 11.8. The Morgan fingerprint density at radius 3 is 2.25 bits per heavy atom. The molecule has 3 aromatic carbocycles. The van der Waals surface area contributed by atoms with Crippen LogP contribution in [0.2, 0.25) is 5.02 Å². The van der Waals surface area contributed by atoms with Crippen LogP contribution in [-0.4, -0.2) is 24.5 Å². The largest absolute Gasteiger partial charge is 0.493 e. The Labute approximate surface area is 200 Å². The molecule has 0 aliphatic carbocycles. The van der Waals surface area contributed by atoms with Gasteiger partial charge in [-0.3, -0.25) is 9.59 Å². The summed E-state index contributed by atoms with van der Waals surface area (Å²) in [6.07, 6.45) is -0.743. The van der Waals surface area contributed by atoms with Crippen molar-refractivity contribution in [3.63, 3.8) is 0 Å². The van der Waals surface area contributed by atoms with Gasteiger partial charge in [0, 0.05) is 16.9 Å². The van der Waals surface area contributed by atoms with E-state index in [0.29, 0.717) is 44.5 Å². The van der Waals surface area contributed by atoms with E-state index in [-0.39, 0.29) is 11.8 Å². The number of hydrogen-bond donors (Lipinski definition) is 2. The van der Waals surface area contributed by atoms with Gasteiger partial charge in [0.05, 0.1) is 16.1 Å². The molecule has 0 saturated heterocycles. The number of hydrogen-bond acceptors (Lipinski definition) is 4. The van der Waals surface area contributed by atoms with E-state index in [4.69, 9.17) is 21.1 Å². The lowest BCUT2D eigenvalue weighted by Crippen LogP contribution is -2.30. The van der Waals surface area contributed by atoms with Gasteiger partial charge in [0.25, 0.3) is 11.8 Å². The average Bonchev–Trinajstić information content (AvgIpc) is 2.78. The predicted molar refractivity (Wildman–Crippen MR) is 130 cm³/mol. The van der Waals surface area contributed by atoms with Crippen LogP contribution in [0.3, 0.4) is 0 Å². The standard InChI is InChI=1S/C24H22BrClN2O4/c1-3-31-21-13-8-16(14-19(21)25)24(30)28-18-11-9-17(10-12-18)27-23(29)15(2)32-22-7-5-4-6-20(22)26/h4-15H,3H2,1-2H3,(H,27,29)(H,28,30). The Bertz CT molecular complexity index is 1110. The molecule has 2 amide bonds. The monoisotopic (exact) mass is 516 g/mol. The summed E-state index contributed by atoms with van der Waals surface area (Å²) in [5, 5.41) is 6.04. The number of nitrogens with one attached hydrogen (secondary N) is 2. The van der Waals surface area contributed by atoms with Crippen molar-refractivity contribution in [1.82, 2.24) is 0 Å². The third-order valence-electron chi connectivity index (χ3n) is 4.41. The number of ether oxygens (including phenoxy) is 2. The maximum atomic E-state index is 12.5. The highest BCUT2D eigenvalue weighted by atomic mass is 79.9. The van der Waals surface area contributed by atoms with Crippen LogP contribution in [-0.2, 0) is 4.79 Å². The van der Waals surface area contributed by atoms with Crippen LogP contribution in [0.25, 0.3) is 0 Å². The smallest absolute Gasteiger partial charge is 0.265 e. The molecule has 0 saturated carbocycles. The molecule has 0 radical (unpaired) electrons. The molecule has 2 N–H and O–H groups in total. The molecule has 32 heavy (non-hydrogen) atoms. The first-order valence-corrected chi connectivity index (χ1v) is 11.1. The Balaban J connectivity index is 1.57. The molecule has 0 aromatic heterocycles. The minimum absolute atomic E-state index is 0.257. The molecule has 3 aromatic rings. The third-order valence-corrected chi connectivity index (χ3v) is 5.35. The minimum atomic E-state index is -0.743. The van der Waals surface area contributed by atoms with Crippen LogP contribution in [0.15, 0.2) is 71.2 Å². The summed E-state index contributed by atoms with van der Waals surface area (Å²) in [7, 11) is 0. The van der Waals surface area contributed by atoms with Crippen LogP contribution in [0.1, 0.15) is 24.2 Å². The molecular weight excluding hydrogens is 496 g/mol. The normalized spacial score (nSPS) is 11.4. The molecule has 166 valence electrons. The lowest BCUT2D eigenvalue weighted by Gasteiger charge is -2.16. The van der Waals surface area contributed by atoms with Crippen molar-refractivity contribution in [2.75, 3.05) is 17.2 Å². The van der Waals surface area contributed by atoms with Gasteiger partial charge in [-0.2, -0.15) is 0 Å². The van der Waals surface area contributed by atoms with Crippen molar-refractivity contribution in [3.8, 4) is 11.5 Å². The van der Waals surface area contributed by atoms with Gasteiger partial charge in [0.15, 0.2) is 6.10 Å². The van der Waals surface area contributed by atoms with Gasteiger partial charge in [0.2, 0.25) is 0 Å². The highest BCUT2D eigenvalue weighted by Crippen LogP contribution is 2.27. The summed E-state index contributed by atoms with van der Waals surface area (Å²) >= 11 is 9.47. The molecule has 1 atom stereocenters. The van der Waals surface area contributed by atoms with Crippen LogP contribution in [0.5, 0.6) is 11.5 Å². The summed E-state index contributed by atoms with van der Waals surface area (Å²) in [5.41, 5.74) is 1.66. The molecule has 8 heteroatoms. The van der Waals surface area contributed by atoms with Crippen molar-refractivity contribution >= 4 is 50.7 Å². The maximum absolute atomic E-state index is 12.5. The Morgan fingerprint density at radius 1 is 0.969 bits per heavy atom. The number of carbonyl (C=O) groups excluding carboxylic acids is 2. The second-order valence-corrected chi connectivity index (χ2v) is 8.05. The second-order valence-electron chi connectivity index (χ2n) is 6.79. The van der Waals surface area contributed by atoms with E-state index in [1.807, 2.05) is 6.92 Å². The molecular formula is C24H22BrClN2O4. The zero-order valence-corrected chi connectivity index (χ0v) is 19.9. The van der Waals surface area contributed by atoms with Crippen molar-refractivity contribution < 1.29 is 19.1 Å². The highest BCUT2D eigenvalue weighted by molar-refractivity contribution is 9.10. The molecule has 0 aliphatic rings. The van der Waals surface area contributed by atoms with Crippen LogP contribution in [0.4, 0.5) is 11.4 Å². The minimum Gasteiger partial charge on any atom is -0.493 e. The first-order valence-electron chi connectivity index (χ1n) is 9.93. The SMILES string of the molecule is CCOc1ccc(C(=O)Nc2ccc(NC(=O)C(C)Oc3ccccc3Cl)cc2)cc1Br. The lowest BCUT2D eigenvalue weighted by molar-refractivity contribution is -0.122. The topological polar surface area (TPSA) is 76.7 Å². The van der Waals surface area contributed by atoms with Crippen molar-refractivity contribution in [3.05, 3.63) is 81.8 Å². The summed E-state index contributed by atoms with van der Waals surface area (Å²) in [5.74, 6) is 0.543. The van der Waals surface area contributed by atoms with Crippen molar-refractivity contribution in [2.24, 2.45) is 0 Å². The van der Waals surface area contributed by atoms with Crippen molar-refractivity contribution in [2.45, 2.75) is 20.0 Å². The summed E-state index contributed by atoms with van der Waals surface area (Å²) in [6, 6.07) is 18.9. The number of amides is 2. The first kappa shape index (κ1) is 23.6. The second kappa shape index (κ2) is 11.0. The number of rotatable bonds is 8. The quantitative estimate of drug-likeness (QED) is 0.375. The molecule has 1 unspecified atom stereocenters. The van der Waals surface area contributed by atoms with Gasteiger partial charge in [0.1, 0.15) is 11.5 Å². The fourth-order valence-electron chi connectivity index (χ4n) is 2.78. The molecule has 0 bridgehead atoms. The molecule has 0 fully saturated rings. The number of carbonyl (C=O) groups is 2.